The van der Waals surface area contributed by atoms with Gasteiger partial charge in [0.15, 0.2) is 12.4 Å². The average molecular weight is 566 g/mol. The smallest absolute Gasteiger partial charge is 0.344 e. The molecule has 0 bridgehead atoms. The Balaban J connectivity index is 1.50. The molecule has 0 N–H and O–H groups in total. The first-order valence-electron chi connectivity index (χ1n) is 13.0. The molecule has 0 aliphatic rings. The third-order valence-electron chi connectivity index (χ3n) is 6.40. The maximum Gasteiger partial charge on any atom is 0.344 e. The molecule has 0 aliphatic carbocycles. The van der Waals surface area contributed by atoms with E-state index in [0.29, 0.717) is 38.6 Å². The number of rotatable bonds is 7. The number of hydrogen-bond acceptors (Lipinski definition) is 7. The summed E-state index contributed by atoms with van der Waals surface area (Å²) >= 11 is 6.18. The second-order valence-corrected chi connectivity index (χ2v) is 10.1. The van der Waals surface area contributed by atoms with Crippen LogP contribution < -0.4 is 10.3 Å². The number of halogens is 1. The highest BCUT2D eigenvalue weighted by Gasteiger charge is 2.17. The SMILES string of the molecule is CC(C)OC(=O)COc1ccc2ccccc2c1C=Nn1c(-c2cc3cc(Cl)ccc3o2)nc2ccccc2c1=O. The molecule has 0 radical (unpaired) electrons. The molecule has 41 heavy (non-hydrogen) atoms. The third-order valence-corrected chi connectivity index (χ3v) is 6.63. The molecule has 0 amide bonds. The lowest BCUT2D eigenvalue weighted by molar-refractivity contribution is -0.149. The van der Waals surface area contributed by atoms with Gasteiger partial charge in [-0.25, -0.2) is 9.78 Å². The molecule has 9 heteroatoms. The predicted molar refractivity (Wildman–Crippen MR) is 160 cm³/mol. The van der Waals surface area contributed by atoms with Gasteiger partial charge in [0.2, 0.25) is 5.82 Å². The highest BCUT2D eigenvalue weighted by Crippen LogP contribution is 2.30. The summed E-state index contributed by atoms with van der Waals surface area (Å²) < 4.78 is 18.3. The molecule has 6 aromatic rings. The molecule has 6 rings (SSSR count). The molecule has 2 aromatic heterocycles. The van der Waals surface area contributed by atoms with Gasteiger partial charge in [-0.2, -0.15) is 9.78 Å². The number of aromatic nitrogens is 2. The Kier molecular flexibility index (Phi) is 6.99. The van der Waals surface area contributed by atoms with E-state index in [9.17, 15) is 9.59 Å². The Morgan fingerprint density at radius 3 is 2.61 bits per heavy atom. The van der Waals surface area contributed by atoms with E-state index in [4.69, 9.17) is 30.5 Å². The standard InChI is InChI=1S/C32H24ClN3O5/c1-19(2)40-30(37)18-39-28-13-11-20-7-3-4-8-23(20)25(28)17-34-36-31(35-26-10-6-5-9-24(26)32(36)38)29-16-21-15-22(33)12-14-27(21)41-29/h3-17,19H,18H2,1-2H3. The molecule has 0 atom stereocenters. The predicted octanol–water partition coefficient (Wildman–Crippen LogP) is 6.83. The normalized spacial score (nSPS) is 11.7. The number of para-hydroxylation sites is 1. The number of furan rings is 1. The van der Waals surface area contributed by atoms with Gasteiger partial charge in [-0.05, 0) is 67.1 Å². The van der Waals surface area contributed by atoms with Crippen molar-refractivity contribution in [2.45, 2.75) is 20.0 Å². The number of hydrogen-bond donors (Lipinski definition) is 0. The topological polar surface area (TPSA) is 95.9 Å². The lowest BCUT2D eigenvalue weighted by Gasteiger charge is -2.13. The second-order valence-electron chi connectivity index (χ2n) is 9.63. The first kappa shape index (κ1) is 26.3. The van der Waals surface area contributed by atoms with Crippen molar-refractivity contribution in [1.82, 2.24) is 9.66 Å². The Morgan fingerprint density at radius 1 is 1.00 bits per heavy atom. The number of nitrogens with zero attached hydrogens (tertiary/aromatic N) is 3. The average Bonchev–Trinajstić information content (AvgIpc) is 3.38. The van der Waals surface area contributed by atoms with E-state index in [0.717, 1.165) is 16.2 Å². The first-order chi connectivity index (χ1) is 19.9. The van der Waals surface area contributed by atoms with Gasteiger partial charge < -0.3 is 13.9 Å². The van der Waals surface area contributed by atoms with Crippen molar-refractivity contribution in [2.75, 3.05) is 6.61 Å². The van der Waals surface area contributed by atoms with Crippen LogP contribution in [-0.4, -0.2) is 34.6 Å². The van der Waals surface area contributed by atoms with E-state index in [1.54, 1.807) is 62.4 Å². The monoisotopic (exact) mass is 565 g/mol. The van der Waals surface area contributed by atoms with Crippen LogP contribution in [0.5, 0.6) is 5.75 Å². The minimum atomic E-state index is -0.488. The van der Waals surface area contributed by atoms with Crippen molar-refractivity contribution in [2.24, 2.45) is 5.10 Å². The van der Waals surface area contributed by atoms with Crippen LogP contribution >= 0.6 is 11.6 Å². The second kappa shape index (κ2) is 10.9. The molecule has 0 aliphatic heterocycles. The third kappa shape index (κ3) is 5.29. The number of benzene rings is 4. The van der Waals surface area contributed by atoms with Crippen molar-refractivity contribution in [3.05, 3.63) is 106 Å². The van der Waals surface area contributed by atoms with Crippen molar-refractivity contribution in [3.8, 4) is 17.3 Å². The lowest BCUT2D eigenvalue weighted by atomic mass is 10.0. The molecule has 204 valence electrons. The summed E-state index contributed by atoms with van der Waals surface area (Å²) in [5.74, 6) is 0.502. The van der Waals surface area contributed by atoms with Crippen LogP contribution in [0.2, 0.25) is 5.02 Å². The Hall–Kier alpha value is -4.95. The van der Waals surface area contributed by atoms with Gasteiger partial charge in [-0.15, -0.1) is 0 Å². The highest BCUT2D eigenvalue weighted by molar-refractivity contribution is 6.31. The summed E-state index contributed by atoms with van der Waals surface area (Å²) in [4.78, 5) is 30.7. The molecular weight excluding hydrogens is 542 g/mol. The van der Waals surface area contributed by atoms with Gasteiger partial charge in [0, 0.05) is 16.0 Å². The fraction of sp³-hybridized carbons (Fsp3) is 0.125. The van der Waals surface area contributed by atoms with E-state index in [1.807, 2.05) is 36.4 Å². The minimum absolute atomic E-state index is 0.223. The molecule has 4 aromatic carbocycles. The zero-order chi connectivity index (χ0) is 28.5. The van der Waals surface area contributed by atoms with Crippen molar-refractivity contribution >= 4 is 56.4 Å². The van der Waals surface area contributed by atoms with Crippen molar-refractivity contribution in [1.29, 1.82) is 0 Å². The summed E-state index contributed by atoms with van der Waals surface area (Å²) in [5, 5.41) is 8.10. The van der Waals surface area contributed by atoms with E-state index in [-0.39, 0.29) is 24.1 Å². The van der Waals surface area contributed by atoms with Gasteiger partial charge in [0.1, 0.15) is 11.3 Å². The largest absolute Gasteiger partial charge is 0.481 e. The number of ether oxygens (including phenoxy) is 2. The van der Waals surface area contributed by atoms with E-state index >= 15 is 0 Å². The van der Waals surface area contributed by atoms with E-state index in [1.165, 1.54) is 10.9 Å². The van der Waals surface area contributed by atoms with Crippen molar-refractivity contribution in [3.63, 3.8) is 0 Å². The Bertz CT molecular complexity index is 2030. The quantitative estimate of drug-likeness (QED) is 0.155. The van der Waals surface area contributed by atoms with Crippen LogP contribution in [0.1, 0.15) is 19.4 Å². The number of carbonyl (C=O) groups excluding carboxylic acids is 1. The molecule has 0 spiro atoms. The van der Waals surface area contributed by atoms with Crippen LogP contribution in [-0.2, 0) is 9.53 Å². The maximum atomic E-state index is 13.7. The van der Waals surface area contributed by atoms with E-state index < -0.39 is 5.97 Å². The van der Waals surface area contributed by atoms with Gasteiger partial charge in [-0.1, -0.05) is 54.1 Å². The lowest BCUT2D eigenvalue weighted by Crippen LogP contribution is -2.20. The number of esters is 1. The van der Waals surface area contributed by atoms with Crippen LogP contribution in [0.3, 0.4) is 0 Å². The summed E-state index contributed by atoms with van der Waals surface area (Å²) in [6.45, 7) is 3.27. The van der Waals surface area contributed by atoms with Gasteiger partial charge >= 0.3 is 5.97 Å². The maximum absolute atomic E-state index is 13.7. The number of carbonyl (C=O) groups is 1. The summed E-state index contributed by atoms with van der Waals surface area (Å²) in [7, 11) is 0. The van der Waals surface area contributed by atoms with Crippen LogP contribution in [0.4, 0.5) is 0 Å². The fourth-order valence-electron chi connectivity index (χ4n) is 4.60. The Labute approximate surface area is 239 Å². The molecule has 0 fully saturated rings. The van der Waals surface area contributed by atoms with Gasteiger partial charge in [-0.3, -0.25) is 4.79 Å². The Morgan fingerprint density at radius 2 is 1.78 bits per heavy atom. The zero-order valence-corrected chi connectivity index (χ0v) is 23.0. The van der Waals surface area contributed by atoms with Gasteiger partial charge in [0.25, 0.3) is 5.56 Å². The summed E-state index contributed by atoms with van der Waals surface area (Å²) in [5.41, 5.74) is 1.32. The summed E-state index contributed by atoms with van der Waals surface area (Å²) in [6.07, 6.45) is 1.27. The molecule has 2 heterocycles. The zero-order valence-electron chi connectivity index (χ0n) is 22.2. The minimum Gasteiger partial charge on any atom is -0.481 e. The van der Waals surface area contributed by atoms with Gasteiger partial charge in [0.05, 0.1) is 23.2 Å². The molecule has 0 unspecified atom stereocenters. The van der Waals surface area contributed by atoms with Crippen LogP contribution in [0.15, 0.2) is 99.2 Å². The van der Waals surface area contributed by atoms with E-state index in [2.05, 4.69) is 5.10 Å². The molecule has 0 saturated heterocycles. The van der Waals surface area contributed by atoms with Crippen molar-refractivity contribution < 1.29 is 18.7 Å². The number of fused-ring (bicyclic) bond motifs is 3. The van der Waals surface area contributed by atoms with Crippen LogP contribution in [0, 0.1) is 0 Å². The first-order valence-corrected chi connectivity index (χ1v) is 13.3. The van der Waals surface area contributed by atoms with Crippen LogP contribution in [0.25, 0.3) is 44.2 Å². The summed E-state index contributed by atoms with van der Waals surface area (Å²) in [6, 6.07) is 25.4. The molecule has 8 nitrogen and oxygen atoms in total. The fourth-order valence-corrected chi connectivity index (χ4v) is 4.78. The molecular formula is C32H24ClN3O5. The highest BCUT2D eigenvalue weighted by atomic mass is 35.5. The molecule has 0 saturated carbocycles.